The SMILES string of the molecule is O=C(NCc1ccc2c(c1)OCO2)[C@@H]1CC(=O)N(CCc2ccc(Cl)cc2)C1. The van der Waals surface area contributed by atoms with Gasteiger partial charge in [0.05, 0.1) is 5.92 Å². The van der Waals surface area contributed by atoms with Crippen LogP contribution in [0.1, 0.15) is 17.5 Å². The highest BCUT2D eigenvalue weighted by Gasteiger charge is 2.33. The normalized spacial score (nSPS) is 17.8. The predicted molar refractivity (Wildman–Crippen MR) is 104 cm³/mol. The van der Waals surface area contributed by atoms with E-state index in [0.717, 1.165) is 17.5 Å². The van der Waals surface area contributed by atoms with Gasteiger partial charge in [0, 0.05) is 31.1 Å². The molecule has 2 heterocycles. The maximum Gasteiger partial charge on any atom is 0.231 e. The van der Waals surface area contributed by atoms with Gasteiger partial charge in [-0.15, -0.1) is 0 Å². The van der Waals surface area contributed by atoms with Crippen LogP contribution < -0.4 is 14.8 Å². The minimum atomic E-state index is -0.313. The Balaban J connectivity index is 1.27. The largest absolute Gasteiger partial charge is 0.454 e. The van der Waals surface area contributed by atoms with Gasteiger partial charge in [0.2, 0.25) is 18.6 Å². The summed E-state index contributed by atoms with van der Waals surface area (Å²) in [7, 11) is 0. The van der Waals surface area contributed by atoms with Crippen molar-refractivity contribution in [2.24, 2.45) is 5.92 Å². The molecule has 0 aliphatic carbocycles. The molecular weight excluding hydrogens is 380 g/mol. The summed E-state index contributed by atoms with van der Waals surface area (Å²) >= 11 is 5.90. The lowest BCUT2D eigenvalue weighted by Crippen LogP contribution is -2.33. The lowest BCUT2D eigenvalue weighted by molar-refractivity contribution is -0.129. The van der Waals surface area contributed by atoms with E-state index in [1.165, 1.54) is 0 Å². The van der Waals surface area contributed by atoms with Gasteiger partial charge in [-0.25, -0.2) is 0 Å². The summed E-state index contributed by atoms with van der Waals surface area (Å²) in [6.07, 6.45) is 1.00. The van der Waals surface area contributed by atoms with Crippen molar-refractivity contribution in [3.63, 3.8) is 0 Å². The zero-order valence-corrected chi connectivity index (χ0v) is 16.1. The molecule has 1 fully saturated rings. The van der Waals surface area contributed by atoms with Crippen LogP contribution in [0.4, 0.5) is 0 Å². The minimum absolute atomic E-state index is 0.0252. The Hall–Kier alpha value is -2.73. The van der Waals surface area contributed by atoms with E-state index >= 15 is 0 Å². The zero-order valence-electron chi connectivity index (χ0n) is 15.3. The molecule has 0 aromatic heterocycles. The van der Waals surface area contributed by atoms with Gasteiger partial charge in [0.25, 0.3) is 0 Å². The molecule has 2 aromatic rings. The second-order valence-corrected chi connectivity index (χ2v) is 7.46. The van der Waals surface area contributed by atoms with Crippen LogP contribution in [0, 0.1) is 5.92 Å². The monoisotopic (exact) mass is 400 g/mol. The summed E-state index contributed by atoms with van der Waals surface area (Å²) < 4.78 is 10.6. The Bertz CT molecular complexity index is 884. The average molecular weight is 401 g/mol. The molecule has 28 heavy (non-hydrogen) atoms. The number of nitrogens with zero attached hydrogens (tertiary/aromatic N) is 1. The third-order valence-electron chi connectivity index (χ3n) is 5.07. The van der Waals surface area contributed by atoms with Crippen LogP contribution in [0.15, 0.2) is 42.5 Å². The minimum Gasteiger partial charge on any atom is -0.454 e. The molecule has 6 nitrogen and oxygen atoms in total. The Morgan fingerprint density at radius 1 is 1.11 bits per heavy atom. The molecule has 0 saturated carbocycles. The van der Waals surface area contributed by atoms with Crippen molar-refractivity contribution in [2.75, 3.05) is 19.9 Å². The van der Waals surface area contributed by atoms with Crippen LogP contribution in [-0.4, -0.2) is 36.6 Å². The first-order valence-corrected chi connectivity index (χ1v) is 9.65. The topological polar surface area (TPSA) is 67.9 Å². The Morgan fingerprint density at radius 2 is 1.86 bits per heavy atom. The van der Waals surface area contributed by atoms with E-state index < -0.39 is 0 Å². The van der Waals surface area contributed by atoms with Crippen molar-refractivity contribution in [3.05, 3.63) is 58.6 Å². The molecule has 146 valence electrons. The van der Waals surface area contributed by atoms with Gasteiger partial charge in [0.1, 0.15) is 0 Å². The summed E-state index contributed by atoms with van der Waals surface area (Å²) in [5.74, 6) is 1.02. The molecule has 2 aliphatic heterocycles. The number of rotatable bonds is 6. The standard InChI is InChI=1S/C21H21ClN2O4/c22-17-4-1-14(2-5-17)7-8-24-12-16(10-20(24)25)21(26)23-11-15-3-6-18-19(9-15)28-13-27-18/h1-6,9,16H,7-8,10-13H2,(H,23,26)/t16-/m1/s1. The number of halogens is 1. The number of amides is 2. The number of ether oxygens (including phenoxy) is 2. The molecule has 0 spiro atoms. The first-order valence-electron chi connectivity index (χ1n) is 9.27. The number of carbonyl (C=O) groups is 2. The lowest BCUT2D eigenvalue weighted by atomic mass is 10.1. The van der Waals surface area contributed by atoms with Gasteiger partial charge in [-0.05, 0) is 41.8 Å². The number of fused-ring (bicyclic) bond motifs is 1. The molecular formula is C21H21ClN2O4. The number of carbonyl (C=O) groups excluding carboxylic acids is 2. The van der Waals surface area contributed by atoms with Crippen LogP contribution in [0.3, 0.4) is 0 Å². The Labute approximate surface area is 168 Å². The van der Waals surface area contributed by atoms with Gasteiger partial charge in [-0.3, -0.25) is 9.59 Å². The van der Waals surface area contributed by atoms with E-state index in [2.05, 4.69) is 5.32 Å². The first kappa shape index (κ1) is 18.6. The van der Waals surface area contributed by atoms with Crippen molar-refractivity contribution in [3.8, 4) is 11.5 Å². The smallest absolute Gasteiger partial charge is 0.231 e. The second-order valence-electron chi connectivity index (χ2n) is 7.02. The molecule has 0 bridgehead atoms. The first-order chi connectivity index (χ1) is 13.6. The van der Waals surface area contributed by atoms with Crippen LogP contribution in [0.5, 0.6) is 11.5 Å². The number of likely N-dealkylation sites (tertiary alicyclic amines) is 1. The van der Waals surface area contributed by atoms with Crippen molar-refractivity contribution in [1.29, 1.82) is 0 Å². The molecule has 1 saturated heterocycles. The van der Waals surface area contributed by atoms with Gasteiger partial charge in [0.15, 0.2) is 11.5 Å². The van der Waals surface area contributed by atoms with Crippen LogP contribution in [0.25, 0.3) is 0 Å². The maximum absolute atomic E-state index is 12.5. The van der Waals surface area contributed by atoms with E-state index in [-0.39, 0.29) is 30.9 Å². The van der Waals surface area contributed by atoms with Crippen molar-refractivity contribution < 1.29 is 19.1 Å². The average Bonchev–Trinajstić information content (AvgIpc) is 3.31. The van der Waals surface area contributed by atoms with Crippen molar-refractivity contribution >= 4 is 23.4 Å². The fourth-order valence-corrected chi connectivity index (χ4v) is 3.59. The number of hydrogen-bond donors (Lipinski definition) is 1. The summed E-state index contributed by atoms with van der Waals surface area (Å²) in [6.45, 7) is 1.68. The number of nitrogens with one attached hydrogen (secondary N) is 1. The highest BCUT2D eigenvalue weighted by molar-refractivity contribution is 6.30. The lowest BCUT2D eigenvalue weighted by Gasteiger charge is -2.16. The van der Waals surface area contributed by atoms with Gasteiger partial charge in [-0.2, -0.15) is 0 Å². The van der Waals surface area contributed by atoms with E-state index in [9.17, 15) is 9.59 Å². The van der Waals surface area contributed by atoms with Crippen LogP contribution in [-0.2, 0) is 22.6 Å². The van der Waals surface area contributed by atoms with E-state index in [1.807, 2.05) is 42.5 Å². The summed E-state index contributed by atoms with van der Waals surface area (Å²) in [5.41, 5.74) is 2.05. The van der Waals surface area contributed by atoms with E-state index in [4.69, 9.17) is 21.1 Å². The predicted octanol–water partition coefficient (Wildman–Crippen LogP) is 2.78. The second kappa shape index (κ2) is 8.10. The van der Waals surface area contributed by atoms with Crippen LogP contribution in [0.2, 0.25) is 5.02 Å². The van der Waals surface area contributed by atoms with E-state index in [0.29, 0.717) is 36.2 Å². The van der Waals surface area contributed by atoms with Gasteiger partial charge < -0.3 is 19.7 Å². The Morgan fingerprint density at radius 3 is 2.68 bits per heavy atom. The molecule has 0 radical (unpaired) electrons. The molecule has 2 aliphatic rings. The molecule has 0 unspecified atom stereocenters. The number of benzene rings is 2. The fraction of sp³-hybridized carbons (Fsp3) is 0.333. The molecule has 2 amide bonds. The van der Waals surface area contributed by atoms with E-state index in [1.54, 1.807) is 4.90 Å². The quantitative estimate of drug-likeness (QED) is 0.809. The maximum atomic E-state index is 12.5. The summed E-state index contributed by atoms with van der Waals surface area (Å²) in [6, 6.07) is 13.2. The molecule has 1 atom stereocenters. The van der Waals surface area contributed by atoms with Crippen molar-refractivity contribution in [2.45, 2.75) is 19.4 Å². The summed E-state index contributed by atoms with van der Waals surface area (Å²) in [4.78, 5) is 26.5. The number of hydrogen-bond acceptors (Lipinski definition) is 4. The molecule has 7 heteroatoms. The van der Waals surface area contributed by atoms with Gasteiger partial charge in [-0.1, -0.05) is 29.8 Å². The zero-order chi connectivity index (χ0) is 19.5. The molecule has 1 N–H and O–H groups in total. The highest BCUT2D eigenvalue weighted by atomic mass is 35.5. The molecule has 4 rings (SSSR count). The molecule has 2 aromatic carbocycles. The fourth-order valence-electron chi connectivity index (χ4n) is 3.46. The van der Waals surface area contributed by atoms with Crippen LogP contribution >= 0.6 is 11.6 Å². The Kier molecular flexibility index (Phi) is 5.39. The third-order valence-corrected chi connectivity index (χ3v) is 5.32. The van der Waals surface area contributed by atoms with Gasteiger partial charge >= 0.3 is 0 Å². The summed E-state index contributed by atoms with van der Waals surface area (Å²) in [5, 5.41) is 3.62. The third kappa shape index (κ3) is 4.22. The van der Waals surface area contributed by atoms with Crippen molar-refractivity contribution in [1.82, 2.24) is 10.2 Å². The highest BCUT2D eigenvalue weighted by Crippen LogP contribution is 2.32.